The highest BCUT2D eigenvalue weighted by atomic mass is 32.1. The fraction of sp³-hybridized carbons (Fsp3) is 0.0455. The molecule has 7 heteroatoms. The van der Waals surface area contributed by atoms with Crippen LogP contribution in [-0.4, -0.2) is 20.4 Å². The maximum absolute atomic E-state index is 13.9. The molecule has 0 aliphatic heterocycles. The van der Waals surface area contributed by atoms with Crippen molar-refractivity contribution in [3.05, 3.63) is 89.4 Å². The summed E-state index contributed by atoms with van der Waals surface area (Å²) in [4.78, 5) is 21.6. The number of hydrogen-bond acceptors (Lipinski definition) is 4. The first kappa shape index (κ1) is 17.5. The number of nitrogens with one attached hydrogen (secondary N) is 1. The van der Waals surface area contributed by atoms with Crippen LogP contribution in [0.4, 0.5) is 9.52 Å². The molecule has 1 amide bonds. The van der Waals surface area contributed by atoms with Gasteiger partial charge in [0.2, 0.25) is 0 Å². The molecule has 0 fully saturated rings. The lowest BCUT2D eigenvalue weighted by Crippen LogP contribution is -2.11. The highest BCUT2D eigenvalue weighted by molar-refractivity contribution is 7.13. The van der Waals surface area contributed by atoms with Gasteiger partial charge in [0.1, 0.15) is 5.82 Å². The molecule has 0 unspecified atom stereocenters. The van der Waals surface area contributed by atoms with Gasteiger partial charge in [-0.2, -0.15) is 0 Å². The zero-order chi connectivity index (χ0) is 19.8. The lowest BCUT2D eigenvalue weighted by atomic mass is 10.1. The van der Waals surface area contributed by atoms with Crippen molar-refractivity contribution in [2.24, 2.45) is 0 Å². The number of halogens is 1. The van der Waals surface area contributed by atoms with Crippen molar-refractivity contribution in [2.75, 3.05) is 5.32 Å². The lowest BCUT2D eigenvalue weighted by molar-refractivity contribution is 0.102. The quantitative estimate of drug-likeness (QED) is 0.456. The molecule has 1 N–H and O–H groups in total. The third-order valence-corrected chi connectivity index (χ3v) is 5.42. The maximum atomic E-state index is 13.9. The Morgan fingerprint density at radius 3 is 2.90 bits per heavy atom. The predicted octanol–water partition coefficient (Wildman–Crippen LogP) is 5.09. The molecule has 0 spiro atoms. The van der Waals surface area contributed by atoms with Crippen LogP contribution in [0.3, 0.4) is 0 Å². The molecule has 3 heterocycles. The first-order chi connectivity index (χ1) is 14.2. The Hall–Kier alpha value is -3.58. The number of anilines is 1. The molecule has 5 rings (SSSR count). The number of pyridine rings is 1. The number of aromatic nitrogens is 3. The van der Waals surface area contributed by atoms with E-state index in [0.717, 1.165) is 16.6 Å². The number of thiazole rings is 1. The molecule has 3 aromatic heterocycles. The summed E-state index contributed by atoms with van der Waals surface area (Å²) in [5, 5.41) is 6.85. The molecule has 0 bridgehead atoms. The van der Waals surface area contributed by atoms with Crippen LogP contribution < -0.4 is 5.32 Å². The predicted molar refractivity (Wildman–Crippen MR) is 113 cm³/mol. The highest BCUT2D eigenvalue weighted by Gasteiger charge is 2.17. The first-order valence-electron chi connectivity index (χ1n) is 9.01. The van der Waals surface area contributed by atoms with Crippen molar-refractivity contribution in [1.82, 2.24) is 14.5 Å². The van der Waals surface area contributed by atoms with Crippen molar-refractivity contribution in [1.29, 1.82) is 0 Å². The number of fused-ring (bicyclic) bond motifs is 2. The zero-order valence-corrected chi connectivity index (χ0v) is 16.0. The van der Waals surface area contributed by atoms with E-state index in [1.807, 2.05) is 41.0 Å². The van der Waals surface area contributed by atoms with Gasteiger partial charge in [0, 0.05) is 28.5 Å². The summed E-state index contributed by atoms with van der Waals surface area (Å²) in [6.45, 7) is 0.426. The minimum absolute atomic E-state index is 0.276. The van der Waals surface area contributed by atoms with Gasteiger partial charge in [-0.3, -0.25) is 15.1 Å². The van der Waals surface area contributed by atoms with Crippen molar-refractivity contribution in [3.63, 3.8) is 0 Å². The van der Waals surface area contributed by atoms with Gasteiger partial charge >= 0.3 is 0 Å². The Kier molecular flexibility index (Phi) is 4.29. The van der Waals surface area contributed by atoms with Crippen molar-refractivity contribution >= 4 is 44.2 Å². The monoisotopic (exact) mass is 402 g/mol. The van der Waals surface area contributed by atoms with E-state index in [4.69, 9.17) is 4.98 Å². The SMILES string of the molecule is O=C(Nc1nccs1)c1cn(Cc2ccc3ccccc3n2)c2cc(F)ccc12. The van der Waals surface area contributed by atoms with E-state index in [1.165, 1.54) is 23.5 Å². The number of amides is 1. The fourth-order valence-electron chi connectivity index (χ4n) is 3.40. The Balaban J connectivity index is 1.55. The molecule has 0 aliphatic carbocycles. The summed E-state index contributed by atoms with van der Waals surface area (Å²) < 4.78 is 15.8. The molecule has 5 aromatic rings. The smallest absolute Gasteiger partial charge is 0.259 e. The van der Waals surface area contributed by atoms with Crippen LogP contribution in [0, 0.1) is 5.82 Å². The van der Waals surface area contributed by atoms with Crippen molar-refractivity contribution in [3.8, 4) is 0 Å². The summed E-state index contributed by atoms with van der Waals surface area (Å²) in [6.07, 6.45) is 3.37. The summed E-state index contributed by atoms with van der Waals surface area (Å²) in [5.74, 6) is -0.628. The van der Waals surface area contributed by atoms with Crippen LogP contribution in [0.25, 0.3) is 21.8 Å². The Morgan fingerprint density at radius 1 is 1.14 bits per heavy atom. The largest absolute Gasteiger partial charge is 0.341 e. The molecular weight excluding hydrogens is 387 g/mol. The van der Waals surface area contributed by atoms with Gasteiger partial charge in [-0.1, -0.05) is 24.3 Å². The third kappa shape index (κ3) is 3.36. The molecular formula is C22H15FN4OS. The van der Waals surface area contributed by atoms with Gasteiger partial charge in [0.15, 0.2) is 5.13 Å². The second-order valence-electron chi connectivity index (χ2n) is 6.62. The number of rotatable bonds is 4. The van der Waals surface area contributed by atoms with Crippen LogP contribution in [0.2, 0.25) is 0 Å². The van der Waals surface area contributed by atoms with Gasteiger partial charge in [-0.05, 0) is 30.3 Å². The highest BCUT2D eigenvalue weighted by Crippen LogP contribution is 2.25. The summed E-state index contributed by atoms with van der Waals surface area (Å²) >= 11 is 1.34. The van der Waals surface area contributed by atoms with Crippen LogP contribution in [0.1, 0.15) is 16.1 Å². The van der Waals surface area contributed by atoms with Crippen LogP contribution in [0.5, 0.6) is 0 Å². The van der Waals surface area contributed by atoms with E-state index in [-0.39, 0.29) is 11.7 Å². The van der Waals surface area contributed by atoms with E-state index >= 15 is 0 Å². The minimum Gasteiger partial charge on any atom is -0.341 e. The second kappa shape index (κ2) is 7.10. The standard InChI is InChI=1S/C22H15FN4OS/c23-15-6-8-17-18(21(28)26-22-24-9-10-29-22)13-27(20(17)11-15)12-16-7-5-14-3-1-2-4-19(14)25-16/h1-11,13H,12H2,(H,24,26,28). The second-order valence-corrected chi connectivity index (χ2v) is 7.51. The molecule has 29 heavy (non-hydrogen) atoms. The molecule has 0 atom stereocenters. The van der Waals surface area contributed by atoms with Gasteiger partial charge in [-0.25, -0.2) is 9.37 Å². The van der Waals surface area contributed by atoms with Crippen molar-refractivity contribution < 1.29 is 9.18 Å². The van der Waals surface area contributed by atoms with Crippen LogP contribution in [-0.2, 0) is 6.54 Å². The lowest BCUT2D eigenvalue weighted by Gasteiger charge is -2.06. The molecule has 0 radical (unpaired) electrons. The summed E-state index contributed by atoms with van der Waals surface area (Å²) in [6, 6.07) is 16.3. The summed E-state index contributed by atoms with van der Waals surface area (Å²) in [5.41, 5.74) is 2.84. The minimum atomic E-state index is -0.352. The topological polar surface area (TPSA) is 59.8 Å². The maximum Gasteiger partial charge on any atom is 0.259 e. The molecule has 2 aromatic carbocycles. The number of carbonyl (C=O) groups excluding carboxylic acids is 1. The normalized spacial score (nSPS) is 11.2. The van der Waals surface area contributed by atoms with Crippen LogP contribution >= 0.6 is 11.3 Å². The molecule has 5 nitrogen and oxygen atoms in total. The molecule has 0 saturated carbocycles. The number of benzene rings is 2. The number of hydrogen-bond donors (Lipinski definition) is 1. The Morgan fingerprint density at radius 2 is 2.03 bits per heavy atom. The Labute approximate surface area is 169 Å². The zero-order valence-electron chi connectivity index (χ0n) is 15.2. The van der Waals surface area contributed by atoms with Gasteiger partial charge in [0.05, 0.1) is 28.8 Å². The molecule has 0 saturated heterocycles. The van der Waals surface area contributed by atoms with Crippen LogP contribution in [0.15, 0.2) is 72.4 Å². The van der Waals surface area contributed by atoms with Gasteiger partial charge in [0.25, 0.3) is 5.91 Å². The number of para-hydroxylation sites is 1. The molecule has 0 aliphatic rings. The van der Waals surface area contributed by atoms with Crippen molar-refractivity contribution in [2.45, 2.75) is 6.54 Å². The number of nitrogens with zero attached hydrogens (tertiary/aromatic N) is 3. The van der Waals surface area contributed by atoms with E-state index in [0.29, 0.717) is 28.1 Å². The van der Waals surface area contributed by atoms with Gasteiger partial charge in [-0.15, -0.1) is 11.3 Å². The average molecular weight is 402 g/mol. The van der Waals surface area contributed by atoms with E-state index < -0.39 is 0 Å². The first-order valence-corrected chi connectivity index (χ1v) is 9.89. The van der Waals surface area contributed by atoms with E-state index in [2.05, 4.69) is 10.3 Å². The fourth-order valence-corrected chi connectivity index (χ4v) is 3.92. The third-order valence-electron chi connectivity index (χ3n) is 4.73. The Bertz CT molecular complexity index is 1340. The number of carbonyl (C=O) groups is 1. The average Bonchev–Trinajstić information content (AvgIpc) is 3.36. The summed E-state index contributed by atoms with van der Waals surface area (Å²) in [7, 11) is 0. The van der Waals surface area contributed by atoms with Gasteiger partial charge < -0.3 is 4.57 Å². The van der Waals surface area contributed by atoms with E-state index in [1.54, 1.807) is 23.8 Å². The molecule has 142 valence electrons. The van der Waals surface area contributed by atoms with E-state index in [9.17, 15) is 9.18 Å².